The summed E-state index contributed by atoms with van der Waals surface area (Å²) in [6.07, 6.45) is 0. The van der Waals surface area contributed by atoms with E-state index in [0.29, 0.717) is 0 Å². The number of nitrogens with zero attached hydrogens (tertiary/aromatic N) is 2. The van der Waals surface area contributed by atoms with Gasteiger partial charge in [-0.25, -0.2) is 0 Å². The number of hydrogen-bond acceptors (Lipinski definition) is 2. The molecule has 7 aromatic carbocycles. The predicted molar refractivity (Wildman–Crippen MR) is 202 cm³/mol. The van der Waals surface area contributed by atoms with Crippen LogP contribution in [0.1, 0.15) is 0 Å². The first-order valence-electron chi connectivity index (χ1n) is 16.2. The fourth-order valence-corrected chi connectivity index (χ4v) is 9.98. The zero-order valence-electron chi connectivity index (χ0n) is 26.1. The summed E-state index contributed by atoms with van der Waals surface area (Å²) >= 11 is 0. The summed E-state index contributed by atoms with van der Waals surface area (Å²) in [7, 11) is -3.25. The van der Waals surface area contributed by atoms with Gasteiger partial charge >= 0.3 is 0 Å². The van der Waals surface area contributed by atoms with E-state index < -0.39 is 7.14 Å². The maximum atomic E-state index is 15.7. The molecule has 0 bridgehead atoms. The van der Waals surface area contributed by atoms with E-state index in [2.05, 4.69) is 137 Å². The van der Waals surface area contributed by atoms with E-state index in [0.717, 1.165) is 72.0 Å². The Kier molecular flexibility index (Phi) is 6.74. The fraction of sp³-hybridized carbons (Fsp3) is 0. The molecule has 1 aliphatic heterocycles. The maximum absolute atomic E-state index is 15.7. The average Bonchev–Trinajstić information content (AvgIpc) is 3.45. The van der Waals surface area contributed by atoms with E-state index in [-0.39, 0.29) is 0 Å². The van der Waals surface area contributed by atoms with Gasteiger partial charge in [0.05, 0.1) is 22.6 Å². The standard InChI is InChI=1S/C44H31N2OP/c47-48(34-21-9-3-10-22-34,35-23-11-4-12-24-35)36-29-30-42-39(31-36)43-37-25-13-15-27-40(37)46(33-19-7-2-8-20-33)44(43)38-26-14-16-28-41(38)45(42)32-17-5-1-6-18-32/h1-31H. The van der Waals surface area contributed by atoms with E-state index in [1.807, 2.05) is 60.7 Å². The summed E-state index contributed by atoms with van der Waals surface area (Å²) < 4.78 is 18.1. The van der Waals surface area contributed by atoms with Crippen LogP contribution in [0, 0.1) is 0 Å². The molecular weight excluding hydrogens is 603 g/mol. The summed E-state index contributed by atoms with van der Waals surface area (Å²) in [5.41, 5.74) is 9.83. The van der Waals surface area contributed by atoms with Crippen molar-refractivity contribution < 1.29 is 4.57 Å². The second-order valence-electron chi connectivity index (χ2n) is 12.1. The summed E-state index contributed by atoms with van der Waals surface area (Å²) in [4.78, 5) is 2.36. The van der Waals surface area contributed by atoms with Gasteiger partial charge in [0.25, 0.3) is 0 Å². The van der Waals surface area contributed by atoms with Crippen molar-refractivity contribution in [2.75, 3.05) is 4.90 Å². The Labute approximate surface area is 280 Å². The first-order chi connectivity index (χ1) is 23.7. The van der Waals surface area contributed by atoms with Gasteiger partial charge in [0, 0.05) is 49.4 Å². The Hall–Kier alpha value is -5.89. The van der Waals surface area contributed by atoms with Gasteiger partial charge in [-0.15, -0.1) is 0 Å². The minimum atomic E-state index is -3.25. The van der Waals surface area contributed by atoms with E-state index in [1.54, 1.807) is 0 Å². The molecule has 0 saturated carbocycles. The minimum absolute atomic E-state index is 0.806. The fourth-order valence-electron chi connectivity index (χ4n) is 7.30. The van der Waals surface area contributed by atoms with Crippen LogP contribution in [0.2, 0.25) is 0 Å². The molecular formula is C44H31N2OP. The molecule has 1 aromatic heterocycles. The summed E-state index contributed by atoms with van der Waals surface area (Å²) in [6.45, 7) is 0. The van der Waals surface area contributed by atoms with Crippen LogP contribution >= 0.6 is 7.14 Å². The highest BCUT2D eigenvalue weighted by molar-refractivity contribution is 7.85. The highest BCUT2D eigenvalue weighted by atomic mass is 31.2. The number of benzene rings is 7. The Morgan fingerprint density at radius 1 is 0.417 bits per heavy atom. The Morgan fingerprint density at radius 2 is 0.938 bits per heavy atom. The lowest BCUT2D eigenvalue weighted by molar-refractivity contribution is 0.592. The van der Waals surface area contributed by atoms with Gasteiger partial charge in [0.15, 0.2) is 7.14 Å². The van der Waals surface area contributed by atoms with Gasteiger partial charge in [0.1, 0.15) is 0 Å². The molecule has 0 N–H and O–H groups in total. The topological polar surface area (TPSA) is 25.2 Å². The lowest BCUT2D eigenvalue weighted by Gasteiger charge is -2.28. The van der Waals surface area contributed by atoms with Crippen LogP contribution in [0.25, 0.3) is 39.0 Å². The zero-order valence-corrected chi connectivity index (χ0v) is 27.0. The second-order valence-corrected chi connectivity index (χ2v) is 14.8. The molecule has 8 aromatic rings. The summed E-state index contributed by atoms with van der Waals surface area (Å²) in [5, 5.41) is 3.59. The molecule has 0 saturated heterocycles. The molecule has 1 aliphatic rings. The molecule has 9 rings (SSSR count). The zero-order chi connectivity index (χ0) is 32.1. The van der Waals surface area contributed by atoms with Crippen LogP contribution in [-0.2, 0) is 4.57 Å². The number of para-hydroxylation sites is 4. The van der Waals surface area contributed by atoms with Gasteiger partial charge < -0.3 is 14.0 Å². The molecule has 0 fully saturated rings. The number of rotatable bonds is 5. The Morgan fingerprint density at radius 3 is 1.60 bits per heavy atom. The van der Waals surface area contributed by atoms with Crippen LogP contribution in [-0.4, -0.2) is 4.57 Å². The highest BCUT2D eigenvalue weighted by Crippen LogP contribution is 2.55. The van der Waals surface area contributed by atoms with E-state index in [9.17, 15) is 0 Å². The Bertz CT molecular complexity index is 2430. The third-order valence-electron chi connectivity index (χ3n) is 9.40. The maximum Gasteiger partial charge on any atom is 0.171 e. The monoisotopic (exact) mass is 634 g/mol. The third kappa shape index (κ3) is 4.32. The lowest BCUT2D eigenvalue weighted by Crippen LogP contribution is -2.25. The molecule has 0 atom stereocenters. The smallest absolute Gasteiger partial charge is 0.171 e. The van der Waals surface area contributed by atoms with Crippen LogP contribution in [0.15, 0.2) is 188 Å². The van der Waals surface area contributed by atoms with Gasteiger partial charge in [-0.1, -0.05) is 133 Å². The second kappa shape index (κ2) is 11.4. The van der Waals surface area contributed by atoms with Gasteiger partial charge in [-0.05, 0) is 54.6 Å². The van der Waals surface area contributed by atoms with Crippen LogP contribution < -0.4 is 20.8 Å². The van der Waals surface area contributed by atoms with Crippen LogP contribution in [0.5, 0.6) is 0 Å². The summed E-state index contributed by atoms with van der Waals surface area (Å²) in [5.74, 6) is 0. The average molecular weight is 635 g/mol. The molecule has 48 heavy (non-hydrogen) atoms. The van der Waals surface area contributed by atoms with E-state index >= 15 is 4.57 Å². The van der Waals surface area contributed by atoms with Crippen LogP contribution in [0.4, 0.5) is 17.1 Å². The number of aromatic nitrogens is 1. The molecule has 3 nitrogen and oxygen atoms in total. The van der Waals surface area contributed by atoms with Crippen molar-refractivity contribution >= 4 is 51.0 Å². The third-order valence-corrected chi connectivity index (χ3v) is 12.5. The SMILES string of the molecule is O=P(c1ccccc1)(c1ccccc1)c1ccc2c(c1)-c1c(n(-c3ccccc3)c3ccccc13)-c1ccccc1N2c1ccccc1. The first kappa shape index (κ1) is 28.3. The van der Waals surface area contributed by atoms with E-state index in [4.69, 9.17) is 0 Å². The molecule has 0 amide bonds. The molecule has 228 valence electrons. The van der Waals surface area contributed by atoms with Crippen molar-refractivity contribution in [3.63, 3.8) is 0 Å². The van der Waals surface area contributed by atoms with Crippen molar-refractivity contribution in [1.29, 1.82) is 0 Å². The normalized spacial score (nSPS) is 12.2. The minimum Gasteiger partial charge on any atom is -0.309 e. The number of anilines is 3. The molecule has 2 heterocycles. The molecule has 4 heteroatoms. The van der Waals surface area contributed by atoms with Crippen LogP contribution in [0.3, 0.4) is 0 Å². The molecule has 0 radical (unpaired) electrons. The van der Waals surface area contributed by atoms with Gasteiger partial charge in [-0.3, -0.25) is 0 Å². The van der Waals surface area contributed by atoms with E-state index in [1.165, 1.54) is 0 Å². The lowest BCUT2D eigenvalue weighted by atomic mass is 9.98. The van der Waals surface area contributed by atoms with Crippen molar-refractivity contribution in [3.05, 3.63) is 188 Å². The molecule has 0 aliphatic carbocycles. The van der Waals surface area contributed by atoms with Crippen molar-refractivity contribution in [2.45, 2.75) is 0 Å². The molecule has 0 spiro atoms. The highest BCUT2D eigenvalue weighted by Gasteiger charge is 2.35. The molecule has 0 unspecified atom stereocenters. The quantitative estimate of drug-likeness (QED) is 0.176. The number of fused-ring (bicyclic) bond motifs is 7. The van der Waals surface area contributed by atoms with Gasteiger partial charge in [-0.2, -0.15) is 0 Å². The largest absolute Gasteiger partial charge is 0.309 e. The van der Waals surface area contributed by atoms with Crippen molar-refractivity contribution in [3.8, 4) is 28.1 Å². The first-order valence-corrected chi connectivity index (χ1v) is 17.9. The Balaban J connectivity index is 1.44. The number of hydrogen-bond donors (Lipinski definition) is 0. The summed E-state index contributed by atoms with van der Waals surface area (Å²) in [6, 6.07) is 64.8. The van der Waals surface area contributed by atoms with Crippen molar-refractivity contribution in [1.82, 2.24) is 4.57 Å². The predicted octanol–water partition coefficient (Wildman–Crippen LogP) is 10.4. The van der Waals surface area contributed by atoms with Gasteiger partial charge in [0.2, 0.25) is 0 Å². The van der Waals surface area contributed by atoms with Crippen molar-refractivity contribution in [2.24, 2.45) is 0 Å².